The van der Waals surface area contributed by atoms with E-state index in [1.54, 1.807) is 24.0 Å². The molecule has 2 aromatic rings. The summed E-state index contributed by atoms with van der Waals surface area (Å²) < 4.78 is 28.1. The Hall–Kier alpha value is -2.06. The number of sulfonamides is 1. The van der Waals surface area contributed by atoms with Crippen LogP contribution in [0.5, 0.6) is 5.75 Å². The first-order valence-electron chi connectivity index (χ1n) is 5.45. The molecule has 7 nitrogen and oxygen atoms in total. The minimum absolute atomic E-state index is 0.00460. The summed E-state index contributed by atoms with van der Waals surface area (Å²) in [6.45, 7) is 0.125. The number of aryl methyl sites for hydroxylation is 1. The number of hydrogen-bond acceptors (Lipinski definition) is 5. The number of nitrogens with two attached hydrogens (primary N) is 1. The molecule has 1 heterocycles. The number of nitrogen functional groups attached to an aromatic ring is 1. The molecule has 0 unspecified atom stereocenters. The summed E-state index contributed by atoms with van der Waals surface area (Å²) in [7, 11) is -1.95. The van der Waals surface area contributed by atoms with E-state index in [1.165, 1.54) is 18.2 Å². The highest BCUT2D eigenvalue weighted by atomic mass is 32.2. The Balaban J connectivity index is 2.18. The fourth-order valence-electron chi connectivity index (χ4n) is 1.53. The van der Waals surface area contributed by atoms with Gasteiger partial charge in [-0.25, -0.2) is 13.1 Å². The first kappa shape index (κ1) is 13.4. The van der Waals surface area contributed by atoms with Crippen molar-refractivity contribution in [1.82, 2.24) is 14.5 Å². The Kier molecular flexibility index (Phi) is 3.45. The van der Waals surface area contributed by atoms with E-state index in [0.29, 0.717) is 0 Å². The van der Waals surface area contributed by atoms with E-state index >= 15 is 0 Å². The average molecular weight is 282 g/mol. The predicted molar refractivity (Wildman–Crippen MR) is 69.8 cm³/mol. The van der Waals surface area contributed by atoms with E-state index in [-0.39, 0.29) is 22.9 Å². The molecule has 0 aliphatic rings. The maximum Gasteiger partial charge on any atom is 0.241 e. The fraction of sp³-hybridized carbons (Fsp3) is 0.182. The van der Waals surface area contributed by atoms with Gasteiger partial charge in [0.1, 0.15) is 5.75 Å². The quantitative estimate of drug-likeness (QED) is 0.547. The molecule has 2 rings (SSSR count). The molecule has 0 saturated carbocycles. The van der Waals surface area contributed by atoms with E-state index in [9.17, 15) is 13.5 Å². The van der Waals surface area contributed by atoms with E-state index < -0.39 is 10.0 Å². The van der Waals surface area contributed by atoms with Crippen molar-refractivity contribution in [1.29, 1.82) is 0 Å². The molecule has 0 spiro atoms. The van der Waals surface area contributed by atoms with Crippen LogP contribution in [0.4, 0.5) is 5.69 Å². The Morgan fingerprint density at radius 1 is 1.42 bits per heavy atom. The third-order valence-corrected chi connectivity index (χ3v) is 4.07. The van der Waals surface area contributed by atoms with Gasteiger partial charge in [0.05, 0.1) is 22.8 Å². The first-order valence-corrected chi connectivity index (χ1v) is 6.93. The van der Waals surface area contributed by atoms with Crippen LogP contribution < -0.4 is 10.5 Å². The lowest BCUT2D eigenvalue weighted by molar-refractivity contribution is 0.477. The van der Waals surface area contributed by atoms with Crippen molar-refractivity contribution in [3.05, 3.63) is 36.2 Å². The number of benzene rings is 1. The zero-order valence-electron chi connectivity index (χ0n) is 10.2. The number of nitrogens with one attached hydrogen (secondary N) is 1. The van der Waals surface area contributed by atoms with Crippen molar-refractivity contribution in [2.24, 2.45) is 7.05 Å². The minimum atomic E-state index is -3.67. The van der Waals surface area contributed by atoms with Gasteiger partial charge in [-0.05, 0) is 24.3 Å². The van der Waals surface area contributed by atoms with E-state index in [0.717, 1.165) is 5.69 Å². The van der Waals surface area contributed by atoms with Crippen LogP contribution in [-0.4, -0.2) is 23.3 Å². The number of phenols is 1. The lowest BCUT2D eigenvalue weighted by Crippen LogP contribution is -2.24. The smallest absolute Gasteiger partial charge is 0.241 e. The van der Waals surface area contributed by atoms with Gasteiger partial charge in [0.25, 0.3) is 0 Å². The molecule has 0 aliphatic carbocycles. The van der Waals surface area contributed by atoms with Gasteiger partial charge < -0.3 is 10.8 Å². The van der Waals surface area contributed by atoms with Crippen molar-refractivity contribution >= 4 is 15.7 Å². The third-order valence-electron chi connectivity index (χ3n) is 2.68. The number of hydrogen-bond donors (Lipinski definition) is 3. The highest BCUT2D eigenvalue weighted by Gasteiger charge is 2.15. The second-order valence-corrected chi connectivity index (χ2v) is 5.76. The van der Waals surface area contributed by atoms with Crippen LogP contribution >= 0.6 is 0 Å². The lowest BCUT2D eigenvalue weighted by Gasteiger charge is -2.08. The van der Waals surface area contributed by atoms with Crippen LogP contribution in [-0.2, 0) is 23.6 Å². The average Bonchev–Trinajstić information content (AvgIpc) is 2.76. The summed E-state index contributed by atoms with van der Waals surface area (Å²) in [4.78, 5) is 0.00460. The highest BCUT2D eigenvalue weighted by Crippen LogP contribution is 2.23. The third kappa shape index (κ3) is 2.85. The number of aromatic hydroxyl groups is 1. The molecular formula is C11H14N4O3S. The fourth-order valence-corrected chi connectivity index (χ4v) is 2.56. The Morgan fingerprint density at radius 2 is 2.16 bits per heavy atom. The second-order valence-electron chi connectivity index (χ2n) is 3.99. The van der Waals surface area contributed by atoms with Crippen molar-refractivity contribution in [3.63, 3.8) is 0 Å². The topological polar surface area (TPSA) is 110 Å². The van der Waals surface area contributed by atoms with Crippen LogP contribution in [0.3, 0.4) is 0 Å². The molecule has 0 bridgehead atoms. The molecule has 0 radical (unpaired) electrons. The number of rotatable bonds is 4. The largest absolute Gasteiger partial charge is 0.506 e. The van der Waals surface area contributed by atoms with Crippen molar-refractivity contribution in [2.75, 3.05) is 5.73 Å². The standard InChI is InChI=1S/C11H14N4O3S/c1-15-8(4-5-13-15)7-14-19(17,18)9-2-3-11(16)10(12)6-9/h2-6,14,16H,7,12H2,1H3. The van der Waals surface area contributed by atoms with Crippen LogP contribution in [0.2, 0.25) is 0 Å². The molecule has 102 valence electrons. The molecule has 0 fully saturated rings. The molecule has 1 aromatic carbocycles. The Bertz CT molecular complexity index is 694. The Labute approximate surface area is 110 Å². The van der Waals surface area contributed by atoms with Gasteiger partial charge in [-0.1, -0.05) is 0 Å². The molecule has 0 amide bonds. The molecular weight excluding hydrogens is 268 g/mol. The van der Waals surface area contributed by atoms with Gasteiger partial charge >= 0.3 is 0 Å². The zero-order valence-corrected chi connectivity index (χ0v) is 11.1. The van der Waals surface area contributed by atoms with E-state index in [2.05, 4.69) is 9.82 Å². The van der Waals surface area contributed by atoms with Crippen molar-refractivity contribution in [2.45, 2.75) is 11.4 Å². The predicted octanol–water partition coefficient (Wildman–Crippen LogP) is 0.186. The number of phenolic OH excluding ortho intramolecular Hbond substituents is 1. The van der Waals surface area contributed by atoms with E-state index in [4.69, 9.17) is 5.73 Å². The summed E-state index contributed by atoms with van der Waals surface area (Å²) in [5.41, 5.74) is 6.22. The SMILES string of the molecule is Cn1nccc1CNS(=O)(=O)c1ccc(O)c(N)c1. The molecule has 0 saturated heterocycles. The summed E-state index contributed by atoms with van der Waals surface area (Å²) in [6.07, 6.45) is 1.59. The Morgan fingerprint density at radius 3 is 2.74 bits per heavy atom. The highest BCUT2D eigenvalue weighted by molar-refractivity contribution is 7.89. The summed E-state index contributed by atoms with van der Waals surface area (Å²) in [5.74, 6) is -0.148. The molecule has 0 atom stereocenters. The van der Waals surface area contributed by atoms with Crippen LogP contribution in [0.25, 0.3) is 0 Å². The van der Waals surface area contributed by atoms with Crippen LogP contribution in [0.15, 0.2) is 35.4 Å². The number of aromatic nitrogens is 2. The zero-order chi connectivity index (χ0) is 14.0. The second kappa shape index (κ2) is 4.90. The maximum absolute atomic E-state index is 12.0. The molecule has 19 heavy (non-hydrogen) atoms. The molecule has 1 aromatic heterocycles. The van der Waals surface area contributed by atoms with Gasteiger partial charge in [0.15, 0.2) is 0 Å². The van der Waals surface area contributed by atoms with Gasteiger partial charge in [-0.2, -0.15) is 5.10 Å². The number of nitrogens with zero attached hydrogens (tertiary/aromatic N) is 2. The summed E-state index contributed by atoms with van der Waals surface area (Å²) in [5, 5.41) is 13.2. The molecule has 4 N–H and O–H groups in total. The normalized spacial score (nSPS) is 11.6. The van der Waals surface area contributed by atoms with Gasteiger partial charge in [-0.15, -0.1) is 0 Å². The van der Waals surface area contributed by atoms with Gasteiger partial charge in [0.2, 0.25) is 10.0 Å². The van der Waals surface area contributed by atoms with Crippen LogP contribution in [0, 0.1) is 0 Å². The van der Waals surface area contributed by atoms with E-state index in [1.807, 2.05) is 0 Å². The lowest BCUT2D eigenvalue weighted by atomic mass is 10.3. The van der Waals surface area contributed by atoms with Crippen LogP contribution in [0.1, 0.15) is 5.69 Å². The number of anilines is 1. The minimum Gasteiger partial charge on any atom is -0.506 e. The molecule has 0 aliphatic heterocycles. The molecule has 8 heteroatoms. The van der Waals surface area contributed by atoms with Crippen molar-refractivity contribution < 1.29 is 13.5 Å². The summed E-state index contributed by atoms with van der Waals surface area (Å²) in [6, 6.07) is 5.46. The summed E-state index contributed by atoms with van der Waals surface area (Å²) >= 11 is 0. The van der Waals surface area contributed by atoms with Gasteiger partial charge in [-0.3, -0.25) is 4.68 Å². The monoisotopic (exact) mass is 282 g/mol. The first-order chi connectivity index (χ1) is 8.90. The van der Waals surface area contributed by atoms with Gasteiger partial charge in [0, 0.05) is 13.2 Å². The van der Waals surface area contributed by atoms with Crippen molar-refractivity contribution in [3.8, 4) is 5.75 Å². The maximum atomic E-state index is 12.0.